The van der Waals surface area contributed by atoms with Crippen LogP contribution in [0.4, 0.5) is 15.8 Å². The molecule has 178 valence electrons. The minimum absolute atomic E-state index is 0.0105. The van der Waals surface area contributed by atoms with Gasteiger partial charge < -0.3 is 19.9 Å². The number of amides is 1. The number of allylic oxidation sites excluding steroid dienone is 1. The van der Waals surface area contributed by atoms with Crippen LogP contribution in [0, 0.1) is 11.2 Å². The van der Waals surface area contributed by atoms with E-state index in [1.807, 2.05) is 29.2 Å². The SMILES string of the molecule is CC1(C)CC(=O)C2=C(C1)Nc1ccccc1N(CC(=O)N1CCOCC1)C2c1ccccc1F. The van der Waals surface area contributed by atoms with Crippen LogP contribution in [-0.2, 0) is 14.3 Å². The van der Waals surface area contributed by atoms with Crippen LogP contribution < -0.4 is 10.2 Å². The third-order valence-corrected chi connectivity index (χ3v) is 6.87. The molecular weight excluding hydrogens is 433 g/mol. The lowest BCUT2D eigenvalue weighted by molar-refractivity contribution is -0.133. The van der Waals surface area contributed by atoms with Gasteiger partial charge in [-0.05, 0) is 30.0 Å². The van der Waals surface area contributed by atoms with Crippen LogP contribution in [0.1, 0.15) is 38.3 Å². The second-order valence-electron chi connectivity index (χ2n) is 10.0. The molecule has 7 heteroatoms. The highest BCUT2D eigenvalue weighted by molar-refractivity contribution is 6.01. The maximum absolute atomic E-state index is 15.3. The van der Waals surface area contributed by atoms with E-state index < -0.39 is 6.04 Å². The summed E-state index contributed by atoms with van der Waals surface area (Å²) in [4.78, 5) is 30.7. The number of carbonyl (C=O) groups excluding carboxylic acids is 2. The van der Waals surface area contributed by atoms with Crippen LogP contribution in [0.2, 0.25) is 0 Å². The van der Waals surface area contributed by atoms with Crippen LogP contribution in [0.15, 0.2) is 59.8 Å². The van der Waals surface area contributed by atoms with Gasteiger partial charge in [0.05, 0.1) is 37.2 Å². The third-order valence-electron chi connectivity index (χ3n) is 6.87. The molecule has 1 N–H and O–H groups in total. The highest BCUT2D eigenvalue weighted by atomic mass is 19.1. The number of rotatable bonds is 3. The molecular formula is C27H30FN3O3. The van der Waals surface area contributed by atoms with Crippen molar-refractivity contribution < 1.29 is 18.7 Å². The Morgan fingerprint density at radius 1 is 1.09 bits per heavy atom. The molecule has 0 radical (unpaired) electrons. The molecule has 2 aromatic carbocycles. The molecule has 1 fully saturated rings. The summed E-state index contributed by atoms with van der Waals surface area (Å²) in [6.45, 7) is 6.24. The molecule has 2 heterocycles. The molecule has 1 aliphatic carbocycles. The first-order chi connectivity index (χ1) is 16.3. The third kappa shape index (κ3) is 4.20. The summed E-state index contributed by atoms with van der Waals surface area (Å²) < 4.78 is 20.7. The number of para-hydroxylation sites is 2. The van der Waals surface area contributed by atoms with Gasteiger partial charge in [-0.3, -0.25) is 9.59 Å². The Morgan fingerprint density at radius 3 is 2.56 bits per heavy atom. The molecule has 1 unspecified atom stereocenters. The number of nitrogens with one attached hydrogen (secondary N) is 1. The number of benzene rings is 2. The van der Waals surface area contributed by atoms with Crippen molar-refractivity contribution in [3.63, 3.8) is 0 Å². The molecule has 0 bridgehead atoms. The van der Waals surface area contributed by atoms with Gasteiger partial charge in [0.2, 0.25) is 5.91 Å². The van der Waals surface area contributed by atoms with E-state index >= 15 is 4.39 Å². The van der Waals surface area contributed by atoms with Gasteiger partial charge in [0, 0.05) is 36.3 Å². The molecule has 5 rings (SSSR count). The fraction of sp³-hybridized carbons (Fsp3) is 0.407. The smallest absolute Gasteiger partial charge is 0.242 e. The lowest BCUT2D eigenvalue weighted by atomic mass is 9.73. The summed E-state index contributed by atoms with van der Waals surface area (Å²) in [5, 5.41) is 3.50. The van der Waals surface area contributed by atoms with Crippen LogP contribution in [0.3, 0.4) is 0 Å². The summed E-state index contributed by atoms with van der Waals surface area (Å²) >= 11 is 0. The minimum Gasteiger partial charge on any atom is -0.378 e. The fourth-order valence-electron chi connectivity index (χ4n) is 5.31. The first kappa shape index (κ1) is 22.6. The van der Waals surface area contributed by atoms with E-state index in [0.717, 1.165) is 17.1 Å². The van der Waals surface area contributed by atoms with Gasteiger partial charge in [-0.15, -0.1) is 0 Å². The second kappa shape index (κ2) is 8.87. The first-order valence-corrected chi connectivity index (χ1v) is 11.8. The summed E-state index contributed by atoms with van der Waals surface area (Å²) in [5.41, 5.74) is 3.14. The van der Waals surface area contributed by atoms with E-state index in [2.05, 4.69) is 19.2 Å². The zero-order valence-corrected chi connectivity index (χ0v) is 19.6. The Bertz CT molecular complexity index is 1150. The van der Waals surface area contributed by atoms with Crippen LogP contribution in [0.5, 0.6) is 0 Å². The quantitative estimate of drug-likeness (QED) is 0.736. The number of ether oxygens (including phenoxy) is 1. The van der Waals surface area contributed by atoms with Gasteiger partial charge in [-0.25, -0.2) is 4.39 Å². The molecule has 1 atom stereocenters. The summed E-state index contributed by atoms with van der Waals surface area (Å²) in [5.74, 6) is -0.462. The largest absolute Gasteiger partial charge is 0.378 e. The summed E-state index contributed by atoms with van der Waals surface area (Å²) in [6, 6.07) is 13.6. The zero-order valence-electron chi connectivity index (χ0n) is 19.6. The number of hydrogen-bond donors (Lipinski definition) is 1. The van der Waals surface area contributed by atoms with E-state index in [1.165, 1.54) is 6.07 Å². The number of carbonyl (C=O) groups is 2. The molecule has 2 aliphatic heterocycles. The van der Waals surface area contributed by atoms with Crippen molar-refractivity contribution in [1.29, 1.82) is 0 Å². The van der Waals surface area contributed by atoms with Gasteiger partial charge in [0.15, 0.2) is 5.78 Å². The highest BCUT2D eigenvalue weighted by Crippen LogP contribution is 2.48. The number of nitrogens with zero attached hydrogens (tertiary/aromatic N) is 2. The number of Topliss-reactive ketones (excluding diaryl/α,β-unsaturated/α-hetero) is 1. The Labute approximate surface area is 199 Å². The van der Waals surface area contributed by atoms with E-state index in [4.69, 9.17) is 4.74 Å². The lowest BCUT2D eigenvalue weighted by Gasteiger charge is -2.39. The predicted molar refractivity (Wildman–Crippen MR) is 129 cm³/mol. The molecule has 2 aromatic rings. The van der Waals surface area contributed by atoms with Crippen LogP contribution in [0.25, 0.3) is 0 Å². The zero-order chi connectivity index (χ0) is 23.9. The molecule has 6 nitrogen and oxygen atoms in total. The Hall–Kier alpha value is -3.19. The van der Waals surface area contributed by atoms with Crippen molar-refractivity contribution in [2.24, 2.45) is 5.41 Å². The number of fused-ring (bicyclic) bond motifs is 1. The molecule has 0 saturated carbocycles. The number of halogens is 1. The van der Waals surface area contributed by atoms with Gasteiger partial charge in [0.25, 0.3) is 0 Å². The Morgan fingerprint density at radius 2 is 1.79 bits per heavy atom. The lowest BCUT2D eigenvalue weighted by Crippen LogP contribution is -2.47. The second-order valence-corrected chi connectivity index (χ2v) is 10.0. The summed E-state index contributed by atoms with van der Waals surface area (Å²) in [7, 11) is 0. The minimum atomic E-state index is -0.707. The van der Waals surface area contributed by atoms with Crippen molar-refractivity contribution in [2.75, 3.05) is 43.1 Å². The van der Waals surface area contributed by atoms with Crippen molar-refractivity contribution in [3.8, 4) is 0 Å². The van der Waals surface area contributed by atoms with E-state index in [1.54, 1.807) is 23.1 Å². The number of hydrogen-bond acceptors (Lipinski definition) is 5. The maximum atomic E-state index is 15.3. The molecule has 3 aliphatic rings. The standard InChI is InChI=1S/C27H30FN3O3/c1-27(2)15-21-25(23(32)16-27)26(18-7-3-4-8-19(18)28)31(22-10-6-5-9-20(22)29-21)17-24(33)30-11-13-34-14-12-30/h3-10,26,29H,11-17H2,1-2H3. The topological polar surface area (TPSA) is 61.9 Å². The molecule has 1 amide bonds. The van der Waals surface area contributed by atoms with Gasteiger partial charge in [-0.1, -0.05) is 44.2 Å². The van der Waals surface area contributed by atoms with Crippen LogP contribution in [-0.4, -0.2) is 49.4 Å². The average Bonchev–Trinajstić information content (AvgIpc) is 2.94. The Kier molecular flexibility index (Phi) is 5.90. The first-order valence-electron chi connectivity index (χ1n) is 11.8. The molecule has 1 saturated heterocycles. The van der Waals surface area contributed by atoms with E-state index in [0.29, 0.717) is 50.3 Å². The summed E-state index contributed by atoms with van der Waals surface area (Å²) in [6.07, 6.45) is 1.04. The number of morpholine rings is 1. The van der Waals surface area contributed by atoms with Crippen molar-refractivity contribution in [3.05, 3.63) is 71.2 Å². The van der Waals surface area contributed by atoms with Gasteiger partial charge >= 0.3 is 0 Å². The van der Waals surface area contributed by atoms with Gasteiger partial charge in [-0.2, -0.15) is 0 Å². The van der Waals surface area contributed by atoms with Crippen molar-refractivity contribution in [2.45, 2.75) is 32.7 Å². The average molecular weight is 464 g/mol. The molecule has 34 heavy (non-hydrogen) atoms. The monoisotopic (exact) mass is 463 g/mol. The molecule has 0 aromatic heterocycles. The van der Waals surface area contributed by atoms with Gasteiger partial charge in [0.1, 0.15) is 5.82 Å². The van der Waals surface area contributed by atoms with Crippen molar-refractivity contribution in [1.82, 2.24) is 4.90 Å². The normalized spacial score (nSPS) is 22.0. The van der Waals surface area contributed by atoms with E-state index in [9.17, 15) is 9.59 Å². The number of anilines is 2. The van der Waals surface area contributed by atoms with Crippen LogP contribution >= 0.6 is 0 Å². The maximum Gasteiger partial charge on any atom is 0.242 e. The predicted octanol–water partition coefficient (Wildman–Crippen LogP) is 4.30. The molecule has 0 spiro atoms. The fourth-order valence-corrected chi connectivity index (χ4v) is 5.31. The highest BCUT2D eigenvalue weighted by Gasteiger charge is 2.42. The number of ketones is 1. The van der Waals surface area contributed by atoms with E-state index in [-0.39, 0.29) is 29.5 Å². The Balaban J connectivity index is 1.68. The van der Waals surface area contributed by atoms with Crippen molar-refractivity contribution >= 4 is 23.1 Å².